The normalized spacial score (nSPS) is 22.8. The monoisotopic (exact) mass is 218 g/mol. The Morgan fingerprint density at radius 3 is 2.88 bits per heavy atom. The average Bonchev–Trinajstić information content (AvgIpc) is 2.74. The standard InChI is InChI=1S/C14H22N2/c1-3-10(2)14(16-15)13-9-8-11-6-4-5-7-12(11)13/h4-7,10,13-14,16H,3,8-9,15H2,1-2H3. The summed E-state index contributed by atoms with van der Waals surface area (Å²) < 4.78 is 0. The molecule has 3 unspecified atom stereocenters. The molecule has 2 rings (SSSR count). The molecule has 0 saturated carbocycles. The maximum Gasteiger partial charge on any atom is 0.0304 e. The molecule has 0 aromatic heterocycles. The van der Waals surface area contributed by atoms with Crippen molar-refractivity contribution in [2.24, 2.45) is 11.8 Å². The van der Waals surface area contributed by atoms with Crippen molar-refractivity contribution in [3.05, 3.63) is 35.4 Å². The fourth-order valence-corrected chi connectivity index (χ4v) is 2.89. The number of rotatable bonds is 4. The zero-order valence-electron chi connectivity index (χ0n) is 10.2. The summed E-state index contributed by atoms with van der Waals surface area (Å²) in [5.41, 5.74) is 6.05. The zero-order chi connectivity index (χ0) is 11.5. The van der Waals surface area contributed by atoms with Gasteiger partial charge in [0.25, 0.3) is 0 Å². The lowest BCUT2D eigenvalue weighted by Gasteiger charge is -2.28. The Morgan fingerprint density at radius 2 is 2.19 bits per heavy atom. The molecule has 0 saturated heterocycles. The number of nitrogens with two attached hydrogens (primary N) is 1. The number of hydrazine groups is 1. The molecular formula is C14H22N2. The molecule has 2 nitrogen and oxygen atoms in total. The smallest absolute Gasteiger partial charge is 0.0304 e. The maximum atomic E-state index is 5.74. The van der Waals surface area contributed by atoms with Crippen LogP contribution in [0.4, 0.5) is 0 Å². The molecule has 88 valence electrons. The fourth-order valence-electron chi connectivity index (χ4n) is 2.89. The first-order chi connectivity index (χ1) is 7.77. The lowest BCUT2D eigenvalue weighted by atomic mass is 9.84. The molecule has 0 amide bonds. The van der Waals surface area contributed by atoms with Gasteiger partial charge in [0.05, 0.1) is 0 Å². The summed E-state index contributed by atoms with van der Waals surface area (Å²) in [6.07, 6.45) is 3.61. The number of hydrogen-bond acceptors (Lipinski definition) is 2. The first kappa shape index (κ1) is 11.6. The van der Waals surface area contributed by atoms with Crippen LogP contribution in [0.2, 0.25) is 0 Å². The van der Waals surface area contributed by atoms with Crippen LogP contribution in [-0.2, 0) is 6.42 Å². The van der Waals surface area contributed by atoms with Crippen molar-refractivity contribution in [3.63, 3.8) is 0 Å². The Kier molecular flexibility index (Phi) is 3.62. The van der Waals surface area contributed by atoms with Gasteiger partial charge in [-0.3, -0.25) is 11.3 Å². The molecule has 0 spiro atoms. The van der Waals surface area contributed by atoms with E-state index in [9.17, 15) is 0 Å². The van der Waals surface area contributed by atoms with Crippen LogP contribution >= 0.6 is 0 Å². The van der Waals surface area contributed by atoms with Crippen LogP contribution in [-0.4, -0.2) is 6.04 Å². The Balaban J connectivity index is 2.23. The van der Waals surface area contributed by atoms with Crippen molar-refractivity contribution in [2.75, 3.05) is 0 Å². The van der Waals surface area contributed by atoms with Gasteiger partial charge in [0, 0.05) is 12.0 Å². The molecule has 3 atom stereocenters. The number of aryl methyl sites for hydroxylation is 1. The van der Waals surface area contributed by atoms with Crippen LogP contribution in [0.5, 0.6) is 0 Å². The first-order valence-corrected chi connectivity index (χ1v) is 6.31. The highest BCUT2D eigenvalue weighted by molar-refractivity contribution is 5.36. The van der Waals surface area contributed by atoms with Gasteiger partial charge in [-0.25, -0.2) is 0 Å². The van der Waals surface area contributed by atoms with Crippen LogP contribution in [0.3, 0.4) is 0 Å². The van der Waals surface area contributed by atoms with Gasteiger partial charge in [0.15, 0.2) is 0 Å². The van der Waals surface area contributed by atoms with Crippen LogP contribution in [0.1, 0.15) is 43.7 Å². The van der Waals surface area contributed by atoms with Crippen molar-refractivity contribution >= 4 is 0 Å². The summed E-state index contributed by atoms with van der Waals surface area (Å²) in [5.74, 6) is 6.96. The maximum absolute atomic E-state index is 5.74. The van der Waals surface area contributed by atoms with Crippen LogP contribution < -0.4 is 11.3 Å². The second-order valence-electron chi connectivity index (χ2n) is 4.92. The summed E-state index contributed by atoms with van der Waals surface area (Å²) in [7, 11) is 0. The van der Waals surface area contributed by atoms with Crippen molar-refractivity contribution in [3.8, 4) is 0 Å². The van der Waals surface area contributed by atoms with E-state index in [0.29, 0.717) is 17.9 Å². The molecule has 0 fully saturated rings. The Hall–Kier alpha value is -0.860. The topological polar surface area (TPSA) is 38.0 Å². The van der Waals surface area contributed by atoms with Gasteiger partial charge in [-0.05, 0) is 29.9 Å². The van der Waals surface area contributed by atoms with Crippen LogP contribution in [0.15, 0.2) is 24.3 Å². The van der Waals surface area contributed by atoms with Gasteiger partial charge in [-0.15, -0.1) is 0 Å². The van der Waals surface area contributed by atoms with Crippen molar-refractivity contribution in [1.82, 2.24) is 5.43 Å². The molecule has 1 aliphatic rings. The predicted octanol–water partition coefficient (Wildman–Crippen LogP) is 2.59. The minimum absolute atomic E-state index is 0.411. The van der Waals surface area contributed by atoms with Gasteiger partial charge in [0.1, 0.15) is 0 Å². The van der Waals surface area contributed by atoms with E-state index in [1.165, 1.54) is 30.4 Å². The van der Waals surface area contributed by atoms with E-state index in [4.69, 9.17) is 5.84 Å². The Labute approximate surface area is 98.2 Å². The second-order valence-corrected chi connectivity index (χ2v) is 4.92. The average molecular weight is 218 g/mol. The lowest BCUT2D eigenvalue weighted by Crippen LogP contribution is -2.43. The van der Waals surface area contributed by atoms with Gasteiger partial charge < -0.3 is 0 Å². The highest BCUT2D eigenvalue weighted by atomic mass is 15.2. The van der Waals surface area contributed by atoms with Crippen molar-refractivity contribution < 1.29 is 0 Å². The molecular weight excluding hydrogens is 196 g/mol. The van der Waals surface area contributed by atoms with E-state index < -0.39 is 0 Å². The van der Waals surface area contributed by atoms with E-state index in [1.54, 1.807) is 0 Å². The molecule has 0 aliphatic heterocycles. The zero-order valence-corrected chi connectivity index (χ0v) is 10.2. The summed E-state index contributed by atoms with van der Waals surface area (Å²) in [4.78, 5) is 0. The largest absolute Gasteiger partial charge is 0.271 e. The summed E-state index contributed by atoms with van der Waals surface area (Å²) in [6, 6.07) is 9.20. The highest BCUT2D eigenvalue weighted by Gasteiger charge is 2.31. The lowest BCUT2D eigenvalue weighted by molar-refractivity contribution is 0.318. The Bertz CT molecular complexity index is 348. The quantitative estimate of drug-likeness (QED) is 0.602. The third-order valence-electron chi connectivity index (χ3n) is 4.06. The molecule has 3 N–H and O–H groups in total. The van der Waals surface area contributed by atoms with Crippen LogP contribution in [0, 0.1) is 5.92 Å². The number of benzene rings is 1. The van der Waals surface area contributed by atoms with E-state index >= 15 is 0 Å². The second kappa shape index (κ2) is 4.98. The molecule has 0 heterocycles. The predicted molar refractivity (Wildman–Crippen MR) is 68.1 cm³/mol. The number of nitrogens with one attached hydrogen (secondary N) is 1. The summed E-state index contributed by atoms with van der Waals surface area (Å²) in [6.45, 7) is 4.52. The minimum Gasteiger partial charge on any atom is -0.271 e. The van der Waals surface area contributed by atoms with Crippen LogP contribution in [0.25, 0.3) is 0 Å². The first-order valence-electron chi connectivity index (χ1n) is 6.31. The third-order valence-corrected chi connectivity index (χ3v) is 4.06. The van der Waals surface area contributed by atoms with E-state index in [-0.39, 0.29) is 0 Å². The molecule has 1 aliphatic carbocycles. The van der Waals surface area contributed by atoms with Gasteiger partial charge in [-0.2, -0.15) is 0 Å². The van der Waals surface area contributed by atoms with E-state index in [0.717, 1.165) is 0 Å². The van der Waals surface area contributed by atoms with Crippen molar-refractivity contribution in [2.45, 2.75) is 45.1 Å². The minimum atomic E-state index is 0.411. The highest BCUT2D eigenvalue weighted by Crippen LogP contribution is 2.37. The SMILES string of the molecule is CCC(C)C(NN)C1CCc2ccccc21. The Morgan fingerprint density at radius 1 is 1.44 bits per heavy atom. The third kappa shape index (κ3) is 2.00. The number of fused-ring (bicyclic) bond motifs is 1. The van der Waals surface area contributed by atoms with E-state index in [1.807, 2.05) is 0 Å². The van der Waals surface area contributed by atoms with Gasteiger partial charge >= 0.3 is 0 Å². The van der Waals surface area contributed by atoms with Gasteiger partial charge in [0.2, 0.25) is 0 Å². The summed E-state index contributed by atoms with van der Waals surface area (Å²) >= 11 is 0. The van der Waals surface area contributed by atoms with E-state index in [2.05, 4.69) is 43.5 Å². The van der Waals surface area contributed by atoms with Gasteiger partial charge in [-0.1, -0.05) is 44.5 Å². The molecule has 1 aromatic carbocycles. The molecule has 0 bridgehead atoms. The molecule has 1 aromatic rings. The summed E-state index contributed by atoms with van der Waals surface area (Å²) in [5, 5.41) is 0. The van der Waals surface area contributed by atoms with Crippen molar-refractivity contribution in [1.29, 1.82) is 0 Å². The molecule has 16 heavy (non-hydrogen) atoms. The molecule has 2 heteroatoms. The molecule has 0 radical (unpaired) electrons. The number of hydrogen-bond donors (Lipinski definition) is 2. The fraction of sp³-hybridized carbons (Fsp3) is 0.571.